The largest absolute Gasteiger partial charge is 0.467 e. The van der Waals surface area contributed by atoms with Gasteiger partial charge >= 0.3 is 12.0 Å². The lowest BCUT2D eigenvalue weighted by Gasteiger charge is -2.25. The summed E-state index contributed by atoms with van der Waals surface area (Å²) in [5.74, 6) is 0.490. The molecular weight excluding hydrogens is 208 g/mol. The molecule has 16 heavy (non-hydrogen) atoms. The third-order valence-electron chi connectivity index (χ3n) is 2.44. The smallest absolute Gasteiger partial charge is 0.324 e. The second-order valence-electron chi connectivity index (χ2n) is 3.63. The number of nitrogens with zero attached hydrogens (tertiary/aromatic N) is 3. The molecule has 1 fully saturated rings. The summed E-state index contributed by atoms with van der Waals surface area (Å²) in [6.07, 6.45) is 3.61. The first kappa shape index (κ1) is 10.9. The molecule has 0 unspecified atom stereocenters. The highest BCUT2D eigenvalue weighted by molar-refractivity contribution is 5.27. The molecule has 1 aromatic heterocycles. The topological polar surface area (TPSA) is 69.2 Å². The summed E-state index contributed by atoms with van der Waals surface area (Å²) in [6, 6.07) is 0.618. The average Bonchev–Trinajstić information content (AvgIpc) is 2.24. The second-order valence-corrected chi connectivity index (χ2v) is 3.63. The normalized spacial score (nSPS) is 15.4. The van der Waals surface area contributed by atoms with Crippen molar-refractivity contribution in [1.29, 1.82) is 0 Å². The second kappa shape index (κ2) is 4.96. The number of ether oxygens (including phenoxy) is 2. The number of anilines is 1. The average molecular weight is 224 g/mol. The number of hydrogen-bond donors (Lipinski definition) is 1. The van der Waals surface area contributed by atoms with E-state index in [0.717, 1.165) is 19.4 Å². The molecule has 0 radical (unpaired) electrons. The third kappa shape index (κ3) is 2.50. The Labute approximate surface area is 94.4 Å². The Bertz CT molecular complexity index is 355. The minimum absolute atomic E-state index is 0.251. The van der Waals surface area contributed by atoms with Gasteiger partial charge in [-0.1, -0.05) is 0 Å². The van der Waals surface area contributed by atoms with Crippen molar-refractivity contribution in [3.05, 3.63) is 0 Å². The van der Waals surface area contributed by atoms with E-state index in [9.17, 15) is 0 Å². The number of nitrogens with one attached hydrogen (secondary N) is 1. The van der Waals surface area contributed by atoms with Crippen LogP contribution < -0.4 is 14.8 Å². The zero-order chi connectivity index (χ0) is 11.4. The third-order valence-corrected chi connectivity index (χ3v) is 2.44. The van der Waals surface area contributed by atoms with Crippen LogP contribution >= 0.6 is 0 Å². The van der Waals surface area contributed by atoms with Crippen LogP contribution in [0.5, 0.6) is 12.0 Å². The molecule has 1 saturated carbocycles. The Morgan fingerprint density at radius 1 is 1.25 bits per heavy atom. The Morgan fingerprint density at radius 3 is 2.56 bits per heavy atom. The van der Waals surface area contributed by atoms with Gasteiger partial charge in [0.1, 0.15) is 6.10 Å². The van der Waals surface area contributed by atoms with Gasteiger partial charge in [-0.2, -0.15) is 9.97 Å². The molecule has 88 valence electrons. The van der Waals surface area contributed by atoms with Crippen molar-refractivity contribution < 1.29 is 9.47 Å². The van der Waals surface area contributed by atoms with Gasteiger partial charge in [-0.3, -0.25) is 0 Å². The van der Waals surface area contributed by atoms with Crippen LogP contribution in [0.1, 0.15) is 26.2 Å². The Morgan fingerprint density at radius 2 is 2.00 bits per heavy atom. The zero-order valence-electron chi connectivity index (χ0n) is 9.56. The number of methoxy groups -OCH3 is 1. The first-order chi connectivity index (χ1) is 7.81. The van der Waals surface area contributed by atoms with Crippen molar-refractivity contribution in [3.8, 4) is 12.0 Å². The Balaban J connectivity index is 2.11. The molecule has 1 heterocycles. The molecular formula is C10H16N4O2. The first-order valence-electron chi connectivity index (χ1n) is 5.52. The predicted octanol–water partition coefficient (Wildman–Crippen LogP) is 1.24. The highest BCUT2D eigenvalue weighted by Gasteiger charge is 2.21. The summed E-state index contributed by atoms with van der Waals surface area (Å²) in [6.45, 7) is 2.72. The molecule has 2 rings (SSSR count). The lowest BCUT2D eigenvalue weighted by atomic mass is 9.96. The molecule has 0 saturated heterocycles. The van der Waals surface area contributed by atoms with Crippen molar-refractivity contribution in [2.45, 2.75) is 32.3 Å². The van der Waals surface area contributed by atoms with E-state index in [1.165, 1.54) is 13.5 Å². The van der Waals surface area contributed by atoms with Crippen molar-refractivity contribution in [1.82, 2.24) is 15.0 Å². The zero-order valence-corrected chi connectivity index (χ0v) is 9.56. The maximum absolute atomic E-state index is 5.60. The quantitative estimate of drug-likeness (QED) is 0.811. The Kier molecular flexibility index (Phi) is 3.38. The van der Waals surface area contributed by atoms with Gasteiger partial charge in [0.2, 0.25) is 5.95 Å². The van der Waals surface area contributed by atoms with Gasteiger partial charge in [-0.25, -0.2) is 0 Å². The summed E-state index contributed by atoms with van der Waals surface area (Å²) >= 11 is 0. The number of hydrogen-bond acceptors (Lipinski definition) is 6. The fourth-order valence-corrected chi connectivity index (χ4v) is 1.36. The molecule has 1 N–H and O–H groups in total. The van der Waals surface area contributed by atoms with E-state index >= 15 is 0 Å². The van der Waals surface area contributed by atoms with Gasteiger partial charge in [-0.05, 0) is 26.2 Å². The minimum atomic E-state index is 0.251. The molecule has 0 spiro atoms. The number of rotatable bonds is 5. The maximum atomic E-state index is 5.60. The van der Waals surface area contributed by atoms with Crippen LogP contribution in [0, 0.1) is 0 Å². The number of aromatic nitrogens is 3. The molecule has 0 aliphatic heterocycles. The summed E-state index contributed by atoms with van der Waals surface area (Å²) in [7, 11) is 1.53. The standard InChI is InChI=1S/C10H16N4O2/c1-3-11-8-12-9(15-2)14-10(13-8)16-7-5-4-6-7/h7H,3-6H2,1-2H3,(H,11,12,13,14). The fourth-order valence-electron chi connectivity index (χ4n) is 1.36. The van der Waals surface area contributed by atoms with Crippen molar-refractivity contribution >= 4 is 5.95 Å². The predicted molar refractivity (Wildman–Crippen MR) is 58.8 cm³/mol. The molecule has 1 aliphatic carbocycles. The molecule has 1 aliphatic rings. The van der Waals surface area contributed by atoms with Crippen molar-refractivity contribution in [3.63, 3.8) is 0 Å². The molecule has 0 amide bonds. The van der Waals surface area contributed by atoms with E-state index in [2.05, 4.69) is 20.3 Å². The van der Waals surface area contributed by atoms with Crippen LogP contribution in [0.4, 0.5) is 5.95 Å². The van der Waals surface area contributed by atoms with Gasteiger partial charge in [0.05, 0.1) is 7.11 Å². The molecule has 0 atom stereocenters. The SMILES string of the molecule is CCNc1nc(OC)nc(OC2CCC2)n1. The lowest BCUT2D eigenvalue weighted by molar-refractivity contribution is 0.107. The van der Waals surface area contributed by atoms with Crippen LogP contribution in [0.3, 0.4) is 0 Å². The van der Waals surface area contributed by atoms with E-state index in [-0.39, 0.29) is 12.1 Å². The van der Waals surface area contributed by atoms with Gasteiger partial charge in [0.25, 0.3) is 0 Å². The summed E-state index contributed by atoms with van der Waals surface area (Å²) in [5, 5.41) is 3.01. The Hall–Kier alpha value is -1.59. The van der Waals surface area contributed by atoms with Crippen LogP contribution in [-0.4, -0.2) is 34.7 Å². The monoisotopic (exact) mass is 224 g/mol. The van der Waals surface area contributed by atoms with Gasteiger partial charge in [-0.15, -0.1) is 4.98 Å². The van der Waals surface area contributed by atoms with E-state index in [1.807, 2.05) is 6.92 Å². The van der Waals surface area contributed by atoms with E-state index < -0.39 is 0 Å². The van der Waals surface area contributed by atoms with Crippen molar-refractivity contribution in [2.75, 3.05) is 19.0 Å². The van der Waals surface area contributed by atoms with Crippen LogP contribution in [0.2, 0.25) is 0 Å². The summed E-state index contributed by atoms with van der Waals surface area (Å²) < 4.78 is 10.6. The van der Waals surface area contributed by atoms with Crippen LogP contribution in [0.15, 0.2) is 0 Å². The summed E-state index contributed by atoms with van der Waals surface area (Å²) in [4.78, 5) is 12.3. The highest BCUT2D eigenvalue weighted by Crippen LogP contribution is 2.24. The fraction of sp³-hybridized carbons (Fsp3) is 0.700. The lowest BCUT2D eigenvalue weighted by Crippen LogP contribution is -2.25. The maximum Gasteiger partial charge on any atom is 0.324 e. The van der Waals surface area contributed by atoms with E-state index in [4.69, 9.17) is 9.47 Å². The van der Waals surface area contributed by atoms with E-state index in [1.54, 1.807) is 0 Å². The first-order valence-corrected chi connectivity index (χ1v) is 5.52. The van der Waals surface area contributed by atoms with Gasteiger partial charge in [0.15, 0.2) is 0 Å². The molecule has 6 nitrogen and oxygen atoms in total. The minimum Gasteiger partial charge on any atom is -0.467 e. The van der Waals surface area contributed by atoms with E-state index in [0.29, 0.717) is 12.0 Å². The molecule has 6 heteroatoms. The highest BCUT2D eigenvalue weighted by atomic mass is 16.5. The molecule has 0 aromatic carbocycles. The van der Waals surface area contributed by atoms with Crippen molar-refractivity contribution in [2.24, 2.45) is 0 Å². The van der Waals surface area contributed by atoms with Gasteiger partial charge < -0.3 is 14.8 Å². The van der Waals surface area contributed by atoms with Gasteiger partial charge in [0, 0.05) is 6.54 Å². The molecule has 0 bridgehead atoms. The molecule has 1 aromatic rings. The van der Waals surface area contributed by atoms with Crippen LogP contribution in [-0.2, 0) is 0 Å². The summed E-state index contributed by atoms with van der Waals surface area (Å²) in [5.41, 5.74) is 0. The van der Waals surface area contributed by atoms with Crippen LogP contribution in [0.25, 0.3) is 0 Å².